The molecule has 0 spiro atoms. The van der Waals surface area contributed by atoms with Crippen molar-refractivity contribution in [3.8, 4) is 0 Å². The van der Waals surface area contributed by atoms with Crippen LogP contribution in [0.1, 0.15) is 13.3 Å². The number of nitrogens with one attached hydrogen (secondary N) is 1. The molecule has 0 aromatic carbocycles. The summed E-state index contributed by atoms with van der Waals surface area (Å²) in [5.41, 5.74) is 2.48. The van der Waals surface area contributed by atoms with E-state index in [1.165, 1.54) is 0 Å². The monoisotopic (exact) mass is 267 g/mol. The van der Waals surface area contributed by atoms with Crippen molar-refractivity contribution < 1.29 is 5.11 Å². The molecule has 0 radical (unpaired) electrons. The van der Waals surface area contributed by atoms with Gasteiger partial charge in [-0.25, -0.2) is 10.8 Å². The van der Waals surface area contributed by atoms with Crippen LogP contribution in [-0.2, 0) is 0 Å². The van der Waals surface area contributed by atoms with E-state index < -0.39 is 0 Å². The zero-order valence-electron chi connectivity index (χ0n) is 10.4. The van der Waals surface area contributed by atoms with E-state index >= 15 is 0 Å². The van der Waals surface area contributed by atoms with E-state index in [0.717, 1.165) is 22.6 Å². The average Bonchev–Trinajstić information content (AvgIpc) is 2.82. The number of hydrogen-bond acceptors (Lipinski definition) is 7. The molecule has 1 atom stereocenters. The van der Waals surface area contributed by atoms with E-state index in [9.17, 15) is 5.11 Å². The quantitative estimate of drug-likeness (QED) is 0.557. The second-order valence-electron chi connectivity index (χ2n) is 4.21. The number of thiophene rings is 1. The lowest BCUT2D eigenvalue weighted by Crippen LogP contribution is -2.24. The van der Waals surface area contributed by atoms with Crippen molar-refractivity contribution in [2.75, 3.05) is 23.9 Å². The van der Waals surface area contributed by atoms with Gasteiger partial charge in [-0.1, -0.05) is 0 Å². The molecule has 2 rings (SSSR count). The Bertz CT molecular complexity index is 527. The normalized spacial score (nSPS) is 12.7. The fraction of sp³-hybridized carbons (Fsp3) is 0.455. The van der Waals surface area contributed by atoms with Crippen molar-refractivity contribution in [2.24, 2.45) is 5.84 Å². The number of anilines is 2. The lowest BCUT2D eigenvalue weighted by Gasteiger charge is -2.20. The summed E-state index contributed by atoms with van der Waals surface area (Å²) in [5.74, 6) is 6.61. The lowest BCUT2D eigenvalue weighted by atomic mass is 10.2. The lowest BCUT2D eigenvalue weighted by molar-refractivity contribution is 0.187. The minimum Gasteiger partial charge on any atom is -0.393 e. The fourth-order valence-corrected chi connectivity index (χ4v) is 2.44. The van der Waals surface area contributed by atoms with E-state index in [2.05, 4.69) is 15.4 Å². The molecular formula is C11H17N5OS. The molecule has 2 heterocycles. The molecule has 98 valence electrons. The summed E-state index contributed by atoms with van der Waals surface area (Å²) < 4.78 is 0. The van der Waals surface area contributed by atoms with Crippen LogP contribution < -0.4 is 16.2 Å². The summed E-state index contributed by atoms with van der Waals surface area (Å²) in [7, 11) is 1.95. The first-order valence-electron chi connectivity index (χ1n) is 5.73. The Labute approximate surface area is 109 Å². The van der Waals surface area contributed by atoms with Crippen LogP contribution in [0.5, 0.6) is 0 Å². The van der Waals surface area contributed by atoms with Crippen LogP contribution in [0.4, 0.5) is 11.8 Å². The SMILES string of the molecule is CC(O)CCN(C)c1nc(NN)nc2sccc12. The first-order valence-corrected chi connectivity index (χ1v) is 6.61. The Kier molecular flexibility index (Phi) is 3.95. The maximum absolute atomic E-state index is 9.33. The number of fused-ring (bicyclic) bond motifs is 1. The number of rotatable bonds is 5. The van der Waals surface area contributed by atoms with Crippen LogP contribution in [0.15, 0.2) is 11.4 Å². The summed E-state index contributed by atoms with van der Waals surface area (Å²) in [6.07, 6.45) is 0.372. The van der Waals surface area contributed by atoms with E-state index in [1.807, 2.05) is 23.4 Å². The summed E-state index contributed by atoms with van der Waals surface area (Å²) in [6.45, 7) is 2.50. The van der Waals surface area contributed by atoms with E-state index in [0.29, 0.717) is 12.4 Å². The zero-order valence-corrected chi connectivity index (χ0v) is 11.2. The smallest absolute Gasteiger partial charge is 0.240 e. The molecule has 0 aliphatic rings. The van der Waals surface area contributed by atoms with Crippen molar-refractivity contribution in [1.29, 1.82) is 0 Å². The average molecular weight is 267 g/mol. The molecule has 1 unspecified atom stereocenters. The first-order chi connectivity index (χ1) is 8.61. The second-order valence-corrected chi connectivity index (χ2v) is 5.11. The van der Waals surface area contributed by atoms with Crippen molar-refractivity contribution in [3.05, 3.63) is 11.4 Å². The molecule has 0 fully saturated rings. The molecule has 7 heteroatoms. The van der Waals surface area contributed by atoms with Gasteiger partial charge in [-0.3, -0.25) is 5.43 Å². The van der Waals surface area contributed by atoms with Crippen molar-refractivity contribution in [1.82, 2.24) is 9.97 Å². The number of nitrogens with zero attached hydrogens (tertiary/aromatic N) is 3. The van der Waals surface area contributed by atoms with Crippen LogP contribution >= 0.6 is 11.3 Å². The Morgan fingerprint density at radius 2 is 2.33 bits per heavy atom. The molecule has 0 saturated carbocycles. The highest BCUT2D eigenvalue weighted by molar-refractivity contribution is 7.16. The molecule has 2 aromatic heterocycles. The van der Waals surface area contributed by atoms with Gasteiger partial charge in [0, 0.05) is 13.6 Å². The molecule has 4 N–H and O–H groups in total. The Hall–Kier alpha value is -1.44. The van der Waals surface area contributed by atoms with Gasteiger partial charge < -0.3 is 10.0 Å². The highest BCUT2D eigenvalue weighted by Gasteiger charge is 2.12. The van der Waals surface area contributed by atoms with Gasteiger partial charge >= 0.3 is 0 Å². The fourth-order valence-electron chi connectivity index (χ4n) is 1.68. The number of aliphatic hydroxyl groups excluding tert-OH is 1. The van der Waals surface area contributed by atoms with E-state index in [1.54, 1.807) is 18.3 Å². The highest BCUT2D eigenvalue weighted by Crippen LogP contribution is 2.28. The Balaban J connectivity index is 2.32. The summed E-state index contributed by atoms with van der Waals surface area (Å²) in [6, 6.07) is 1.99. The number of hydrazine groups is 1. The third-order valence-electron chi connectivity index (χ3n) is 2.68. The number of nitrogens with two attached hydrogens (primary N) is 1. The van der Waals surface area contributed by atoms with Crippen molar-refractivity contribution in [2.45, 2.75) is 19.4 Å². The van der Waals surface area contributed by atoms with Gasteiger partial charge in [-0.15, -0.1) is 11.3 Å². The predicted molar refractivity (Wildman–Crippen MR) is 74.8 cm³/mol. The summed E-state index contributed by atoms with van der Waals surface area (Å²) in [5, 5.41) is 12.3. The van der Waals surface area contributed by atoms with Gasteiger partial charge in [0.2, 0.25) is 5.95 Å². The molecule has 18 heavy (non-hydrogen) atoms. The molecule has 0 bridgehead atoms. The van der Waals surface area contributed by atoms with Crippen LogP contribution in [0.25, 0.3) is 10.2 Å². The maximum Gasteiger partial charge on any atom is 0.240 e. The van der Waals surface area contributed by atoms with Gasteiger partial charge in [0.25, 0.3) is 0 Å². The zero-order chi connectivity index (χ0) is 13.1. The molecule has 0 aliphatic heterocycles. The summed E-state index contributed by atoms with van der Waals surface area (Å²) >= 11 is 1.55. The summed E-state index contributed by atoms with van der Waals surface area (Å²) in [4.78, 5) is 11.6. The molecular weight excluding hydrogens is 250 g/mol. The number of aliphatic hydroxyl groups is 1. The molecule has 2 aromatic rings. The Morgan fingerprint density at radius 3 is 3.00 bits per heavy atom. The minimum absolute atomic E-state index is 0.320. The van der Waals surface area contributed by atoms with Gasteiger partial charge in [-0.2, -0.15) is 4.98 Å². The molecule has 0 aliphatic carbocycles. The largest absolute Gasteiger partial charge is 0.393 e. The van der Waals surface area contributed by atoms with Gasteiger partial charge in [0.15, 0.2) is 0 Å². The van der Waals surface area contributed by atoms with Crippen molar-refractivity contribution in [3.63, 3.8) is 0 Å². The van der Waals surface area contributed by atoms with Crippen LogP contribution in [0, 0.1) is 0 Å². The van der Waals surface area contributed by atoms with Gasteiger partial charge in [0.1, 0.15) is 10.6 Å². The Morgan fingerprint density at radius 1 is 1.56 bits per heavy atom. The third kappa shape index (κ3) is 2.69. The van der Waals surface area contributed by atoms with Gasteiger partial charge in [-0.05, 0) is 24.8 Å². The van der Waals surface area contributed by atoms with E-state index in [4.69, 9.17) is 5.84 Å². The van der Waals surface area contributed by atoms with Crippen LogP contribution in [0.3, 0.4) is 0 Å². The van der Waals surface area contributed by atoms with Crippen LogP contribution in [-0.4, -0.2) is 34.8 Å². The molecule has 0 amide bonds. The van der Waals surface area contributed by atoms with E-state index in [-0.39, 0.29) is 6.10 Å². The minimum atomic E-state index is -0.320. The topological polar surface area (TPSA) is 87.3 Å². The molecule has 0 saturated heterocycles. The number of hydrogen-bond donors (Lipinski definition) is 3. The van der Waals surface area contributed by atoms with Crippen molar-refractivity contribution >= 4 is 33.3 Å². The first kappa shape index (κ1) is 13.0. The van der Waals surface area contributed by atoms with Crippen LogP contribution in [0.2, 0.25) is 0 Å². The maximum atomic E-state index is 9.33. The molecule has 6 nitrogen and oxygen atoms in total. The third-order valence-corrected chi connectivity index (χ3v) is 3.48. The van der Waals surface area contributed by atoms with Gasteiger partial charge in [0.05, 0.1) is 11.5 Å². The second kappa shape index (κ2) is 5.47. The number of nitrogen functional groups attached to an aromatic ring is 1. The predicted octanol–water partition coefficient (Wildman–Crippen LogP) is 1.18. The number of aromatic nitrogens is 2. The highest BCUT2D eigenvalue weighted by atomic mass is 32.1. The standard InChI is InChI=1S/C11H17N5OS/c1-7(17)3-5-16(2)9-8-4-6-18-10(8)14-11(13-9)15-12/h4,6-7,17H,3,5,12H2,1-2H3,(H,13,14,15).